The number of hydrogen-bond acceptors (Lipinski definition) is 1. The van der Waals surface area contributed by atoms with Crippen LogP contribution in [0.4, 0.5) is 0 Å². The van der Waals surface area contributed by atoms with Crippen molar-refractivity contribution in [2.75, 3.05) is 0 Å². The molecule has 0 N–H and O–H groups in total. The van der Waals surface area contributed by atoms with E-state index in [2.05, 4.69) is 133 Å². The molecule has 1 aliphatic carbocycles. The van der Waals surface area contributed by atoms with Gasteiger partial charge in [0, 0.05) is 30.1 Å². The van der Waals surface area contributed by atoms with Crippen molar-refractivity contribution in [3.63, 3.8) is 0 Å². The van der Waals surface area contributed by atoms with Crippen LogP contribution < -0.4 is 0 Å². The van der Waals surface area contributed by atoms with Crippen molar-refractivity contribution in [2.45, 2.75) is 19.3 Å². The number of rotatable bonds is 2. The molecule has 0 bridgehead atoms. The molecule has 0 spiro atoms. The first-order chi connectivity index (χ1) is 17.0. The van der Waals surface area contributed by atoms with Gasteiger partial charge in [0.05, 0.1) is 0 Å². The molecule has 168 valence electrons. The van der Waals surface area contributed by atoms with Crippen molar-refractivity contribution < 1.29 is 0 Å². The number of halogens is 1. The first kappa shape index (κ1) is 21.1. The molecule has 7 rings (SSSR count). The fourth-order valence-corrected chi connectivity index (χ4v) is 7.92. The standard InChI is InChI=1S/C33H23BrS/c1-33(2)28-16-14-21(22-15-17-30-26(18-22)24-11-5-6-13-29(24)35-30)19-27(28)32(34)31(33)25-12-7-9-20-8-3-4-10-23(20)25/h3-19H,1-2H3. The highest BCUT2D eigenvalue weighted by Crippen LogP contribution is 2.54. The van der Waals surface area contributed by atoms with Crippen molar-refractivity contribution in [3.05, 3.63) is 120 Å². The van der Waals surface area contributed by atoms with Gasteiger partial charge in [0.15, 0.2) is 0 Å². The third-order valence-corrected chi connectivity index (χ3v) is 9.52. The summed E-state index contributed by atoms with van der Waals surface area (Å²) < 4.78 is 3.90. The molecule has 1 aromatic heterocycles. The van der Waals surface area contributed by atoms with Gasteiger partial charge < -0.3 is 0 Å². The van der Waals surface area contributed by atoms with E-state index >= 15 is 0 Å². The van der Waals surface area contributed by atoms with Crippen molar-refractivity contribution in [3.8, 4) is 11.1 Å². The largest absolute Gasteiger partial charge is 0.135 e. The Morgan fingerprint density at radius 2 is 1.29 bits per heavy atom. The lowest BCUT2D eigenvalue weighted by molar-refractivity contribution is 0.705. The van der Waals surface area contributed by atoms with Gasteiger partial charge in [0.25, 0.3) is 0 Å². The summed E-state index contributed by atoms with van der Waals surface area (Å²) in [5.74, 6) is 0. The van der Waals surface area contributed by atoms with Gasteiger partial charge in [-0.25, -0.2) is 0 Å². The topological polar surface area (TPSA) is 0 Å². The molecule has 0 radical (unpaired) electrons. The minimum atomic E-state index is -0.0929. The lowest BCUT2D eigenvalue weighted by atomic mass is 9.77. The lowest BCUT2D eigenvalue weighted by Crippen LogP contribution is -2.16. The van der Waals surface area contributed by atoms with Crippen LogP contribution in [0.2, 0.25) is 0 Å². The van der Waals surface area contributed by atoms with Crippen LogP contribution in [0, 0.1) is 0 Å². The summed E-state index contributed by atoms with van der Waals surface area (Å²) in [6.07, 6.45) is 0. The minimum absolute atomic E-state index is 0.0929. The van der Waals surface area contributed by atoms with Crippen molar-refractivity contribution in [1.82, 2.24) is 0 Å². The van der Waals surface area contributed by atoms with E-state index in [-0.39, 0.29) is 5.41 Å². The molecule has 1 heterocycles. The normalized spacial score (nSPS) is 14.8. The van der Waals surface area contributed by atoms with Crippen LogP contribution in [0.25, 0.3) is 52.1 Å². The zero-order valence-electron chi connectivity index (χ0n) is 19.6. The van der Waals surface area contributed by atoms with Gasteiger partial charge in [-0.1, -0.05) is 92.7 Å². The zero-order chi connectivity index (χ0) is 23.7. The molecule has 35 heavy (non-hydrogen) atoms. The summed E-state index contributed by atoms with van der Waals surface area (Å²) in [5.41, 5.74) is 7.77. The summed E-state index contributed by atoms with van der Waals surface area (Å²) in [6.45, 7) is 4.70. The van der Waals surface area contributed by atoms with E-state index in [1.165, 1.54) is 68.8 Å². The molecule has 0 nitrogen and oxygen atoms in total. The molecule has 0 saturated heterocycles. The maximum atomic E-state index is 4.06. The summed E-state index contributed by atoms with van der Waals surface area (Å²) in [6, 6.07) is 37.9. The first-order valence-electron chi connectivity index (χ1n) is 12.0. The molecule has 0 aliphatic heterocycles. The SMILES string of the molecule is CC1(C)C(c2cccc3ccccc23)=C(Br)c2cc(-c3ccc4sc5ccccc5c4c3)ccc21. The molecule has 5 aromatic carbocycles. The molecule has 0 unspecified atom stereocenters. The van der Waals surface area contributed by atoms with Gasteiger partial charge in [-0.3, -0.25) is 0 Å². The van der Waals surface area contributed by atoms with Crippen LogP contribution in [0.1, 0.15) is 30.5 Å². The third kappa shape index (κ3) is 3.10. The Balaban J connectivity index is 1.41. The van der Waals surface area contributed by atoms with Crippen LogP contribution in [-0.2, 0) is 5.41 Å². The van der Waals surface area contributed by atoms with Gasteiger partial charge >= 0.3 is 0 Å². The van der Waals surface area contributed by atoms with E-state index in [9.17, 15) is 0 Å². The van der Waals surface area contributed by atoms with Gasteiger partial charge in [-0.15, -0.1) is 11.3 Å². The Morgan fingerprint density at radius 1 is 0.600 bits per heavy atom. The number of thiophene rings is 1. The second-order valence-corrected chi connectivity index (χ2v) is 11.8. The average Bonchev–Trinajstić information content (AvgIpc) is 3.35. The van der Waals surface area contributed by atoms with Crippen LogP contribution in [0.5, 0.6) is 0 Å². The van der Waals surface area contributed by atoms with Crippen molar-refractivity contribution >= 4 is 68.3 Å². The number of fused-ring (bicyclic) bond motifs is 5. The molecule has 0 amide bonds. The van der Waals surface area contributed by atoms with Crippen molar-refractivity contribution in [1.29, 1.82) is 0 Å². The van der Waals surface area contributed by atoms with Crippen LogP contribution in [0.3, 0.4) is 0 Å². The molecule has 1 aliphatic rings. The Kier molecular flexibility index (Phi) is 4.61. The minimum Gasteiger partial charge on any atom is -0.135 e. The third-order valence-electron chi connectivity index (χ3n) is 7.54. The number of benzene rings is 5. The van der Waals surface area contributed by atoms with Crippen LogP contribution in [-0.4, -0.2) is 0 Å². The summed E-state index contributed by atoms with van der Waals surface area (Å²) in [5, 5.41) is 5.27. The molecule has 0 fully saturated rings. The average molecular weight is 532 g/mol. The maximum Gasteiger partial charge on any atom is 0.0355 e. The Labute approximate surface area is 217 Å². The van der Waals surface area contributed by atoms with E-state index in [1.54, 1.807) is 0 Å². The molecule has 0 atom stereocenters. The highest BCUT2D eigenvalue weighted by Gasteiger charge is 2.38. The molecular weight excluding hydrogens is 508 g/mol. The number of hydrogen-bond donors (Lipinski definition) is 0. The second kappa shape index (κ2) is 7.65. The van der Waals surface area contributed by atoms with Gasteiger partial charge in [0.1, 0.15) is 0 Å². The van der Waals surface area contributed by atoms with Crippen molar-refractivity contribution in [2.24, 2.45) is 0 Å². The van der Waals surface area contributed by atoms with E-state index in [1.807, 2.05) is 11.3 Å². The van der Waals surface area contributed by atoms with Crippen LogP contribution in [0.15, 0.2) is 103 Å². The Hall–Kier alpha value is -3.20. The molecule has 0 saturated carbocycles. The van der Waals surface area contributed by atoms with E-state index in [4.69, 9.17) is 0 Å². The van der Waals surface area contributed by atoms with Crippen LogP contribution >= 0.6 is 27.3 Å². The predicted octanol–water partition coefficient (Wildman–Crippen LogP) is 10.4. The molecular formula is C33H23BrS. The van der Waals surface area contributed by atoms with Gasteiger partial charge in [0.2, 0.25) is 0 Å². The fourth-order valence-electron chi connectivity index (χ4n) is 5.80. The monoisotopic (exact) mass is 530 g/mol. The van der Waals surface area contributed by atoms with E-state index in [0.29, 0.717) is 0 Å². The van der Waals surface area contributed by atoms with E-state index in [0.717, 1.165) is 0 Å². The quantitative estimate of drug-likeness (QED) is 0.209. The maximum absolute atomic E-state index is 4.06. The van der Waals surface area contributed by atoms with E-state index < -0.39 is 0 Å². The fraction of sp³-hybridized carbons (Fsp3) is 0.0909. The smallest absolute Gasteiger partial charge is 0.0355 e. The summed E-state index contributed by atoms with van der Waals surface area (Å²) in [7, 11) is 0. The summed E-state index contributed by atoms with van der Waals surface area (Å²) in [4.78, 5) is 0. The number of allylic oxidation sites excluding steroid dienone is 1. The molecule has 2 heteroatoms. The Bertz CT molecular complexity index is 1830. The Morgan fingerprint density at radius 3 is 2.17 bits per heavy atom. The van der Waals surface area contributed by atoms with Gasteiger partial charge in [-0.2, -0.15) is 0 Å². The van der Waals surface area contributed by atoms with Gasteiger partial charge in [-0.05, 0) is 84.4 Å². The summed E-state index contributed by atoms with van der Waals surface area (Å²) >= 11 is 5.93. The predicted molar refractivity (Wildman–Crippen MR) is 157 cm³/mol. The molecule has 6 aromatic rings. The highest BCUT2D eigenvalue weighted by atomic mass is 79.9. The highest BCUT2D eigenvalue weighted by molar-refractivity contribution is 9.15. The second-order valence-electron chi connectivity index (χ2n) is 9.91. The first-order valence-corrected chi connectivity index (χ1v) is 13.6. The lowest BCUT2D eigenvalue weighted by Gasteiger charge is -2.26. The zero-order valence-corrected chi connectivity index (χ0v) is 22.0.